The van der Waals surface area contributed by atoms with Crippen LogP contribution < -0.4 is 0 Å². The molecule has 110 valence electrons. The number of benzene rings is 2. The van der Waals surface area contributed by atoms with Gasteiger partial charge in [-0.2, -0.15) is 0 Å². The maximum Gasteiger partial charge on any atom is -0.0100 e. The van der Waals surface area contributed by atoms with Gasteiger partial charge in [0.15, 0.2) is 0 Å². The van der Waals surface area contributed by atoms with Crippen LogP contribution >= 0.6 is 0 Å². The average molecular weight is 278 g/mol. The lowest BCUT2D eigenvalue weighted by Crippen LogP contribution is -1.75. The van der Waals surface area contributed by atoms with Crippen molar-refractivity contribution in [1.29, 1.82) is 0 Å². The Morgan fingerprint density at radius 3 is 2.10 bits per heavy atom. The first-order valence-corrected chi connectivity index (χ1v) is 7.73. The summed E-state index contributed by atoms with van der Waals surface area (Å²) >= 11 is 0. The Hall–Kier alpha value is -2.08. The van der Waals surface area contributed by atoms with Crippen LogP contribution in [0.4, 0.5) is 0 Å². The predicted molar refractivity (Wildman–Crippen MR) is 95.3 cm³/mol. The van der Waals surface area contributed by atoms with Crippen LogP contribution in [0.3, 0.4) is 0 Å². The number of rotatable bonds is 6. The first-order valence-electron chi connectivity index (χ1n) is 7.73. The van der Waals surface area contributed by atoms with E-state index in [-0.39, 0.29) is 0 Å². The van der Waals surface area contributed by atoms with Crippen LogP contribution in [-0.4, -0.2) is 0 Å². The van der Waals surface area contributed by atoms with Gasteiger partial charge in [-0.1, -0.05) is 98.7 Å². The fourth-order valence-corrected chi connectivity index (χ4v) is 1.89. The third kappa shape index (κ3) is 8.65. The van der Waals surface area contributed by atoms with Gasteiger partial charge in [0.1, 0.15) is 0 Å². The molecule has 0 saturated carbocycles. The molecule has 0 fully saturated rings. The number of unbranched alkanes of at least 4 members (excludes halogenated alkanes) is 2. The molecule has 0 nitrogen and oxygen atoms in total. The van der Waals surface area contributed by atoms with Crippen LogP contribution in [0.5, 0.6) is 0 Å². The van der Waals surface area contributed by atoms with Gasteiger partial charge in [0.05, 0.1) is 0 Å². The summed E-state index contributed by atoms with van der Waals surface area (Å²) in [5.74, 6) is 0. The molecule has 0 aliphatic carbocycles. The highest BCUT2D eigenvalue weighted by Crippen LogP contribution is 2.03. The van der Waals surface area contributed by atoms with Crippen LogP contribution in [0.25, 0.3) is 6.08 Å². The summed E-state index contributed by atoms with van der Waals surface area (Å²) in [4.78, 5) is 0. The molecule has 0 spiro atoms. The molecule has 0 aromatic heterocycles. The van der Waals surface area contributed by atoms with E-state index in [0.29, 0.717) is 0 Å². The summed E-state index contributed by atoms with van der Waals surface area (Å²) in [6.45, 7) is 5.87. The minimum absolute atomic E-state index is 0.973. The zero-order chi connectivity index (χ0) is 15.2. The Bertz CT molecular complexity index is 494. The van der Waals surface area contributed by atoms with Crippen molar-refractivity contribution < 1.29 is 0 Å². The molecule has 0 aliphatic rings. The quantitative estimate of drug-likeness (QED) is 0.429. The SMILES string of the molecule is C=CCc1ccccc1.CCCCC=Cc1ccccc1. The minimum atomic E-state index is 0.973. The molecule has 0 saturated heterocycles. The number of hydrogen-bond acceptors (Lipinski definition) is 0. The van der Waals surface area contributed by atoms with E-state index in [0.717, 1.165) is 6.42 Å². The average Bonchev–Trinajstić information content (AvgIpc) is 2.55. The summed E-state index contributed by atoms with van der Waals surface area (Å²) in [7, 11) is 0. The first kappa shape index (κ1) is 17.0. The Morgan fingerprint density at radius 1 is 0.905 bits per heavy atom. The van der Waals surface area contributed by atoms with Gasteiger partial charge in [-0.05, 0) is 24.0 Å². The van der Waals surface area contributed by atoms with Crippen molar-refractivity contribution in [3.05, 3.63) is 90.5 Å². The molecule has 2 aromatic rings. The molecule has 0 N–H and O–H groups in total. The van der Waals surface area contributed by atoms with E-state index >= 15 is 0 Å². The normalized spacial score (nSPS) is 9.95. The molecule has 0 amide bonds. The second kappa shape index (κ2) is 11.7. The molecule has 2 aromatic carbocycles. The fraction of sp³-hybridized carbons (Fsp3) is 0.238. The Morgan fingerprint density at radius 2 is 1.52 bits per heavy atom. The number of allylic oxidation sites excluding steroid dienone is 2. The predicted octanol–water partition coefficient (Wildman–Crippen LogP) is 6.31. The lowest BCUT2D eigenvalue weighted by Gasteiger charge is -1.91. The van der Waals surface area contributed by atoms with Gasteiger partial charge >= 0.3 is 0 Å². The van der Waals surface area contributed by atoms with Crippen molar-refractivity contribution in [2.75, 3.05) is 0 Å². The summed E-state index contributed by atoms with van der Waals surface area (Å²) < 4.78 is 0. The van der Waals surface area contributed by atoms with E-state index in [1.807, 2.05) is 30.3 Å². The van der Waals surface area contributed by atoms with E-state index in [2.05, 4.69) is 62.1 Å². The van der Waals surface area contributed by atoms with Crippen molar-refractivity contribution in [2.24, 2.45) is 0 Å². The minimum Gasteiger partial charge on any atom is -0.103 e. The highest BCUT2D eigenvalue weighted by Gasteiger charge is 1.82. The molecule has 0 unspecified atom stereocenters. The maximum absolute atomic E-state index is 3.66. The third-order valence-electron chi connectivity index (χ3n) is 3.06. The second-order valence-electron chi connectivity index (χ2n) is 4.93. The van der Waals surface area contributed by atoms with Crippen LogP contribution in [0, 0.1) is 0 Å². The van der Waals surface area contributed by atoms with E-state index in [1.54, 1.807) is 0 Å². The largest absolute Gasteiger partial charge is 0.103 e. The lowest BCUT2D eigenvalue weighted by atomic mass is 10.2. The molecule has 0 aliphatic heterocycles. The van der Waals surface area contributed by atoms with E-state index in [4.69, 9.17) is 0 Å². The van der Waals surface area contributed by atoms with Crippen molar-refractivity contribution in [3.63, 3.8) is 0 Å². The van der Waals surface area contributed by atoms with Crippen LogP contribution in [-0.2, 0) is 6.42 Å². The Labute approximate surface area is 129 Å². The summed E-state index contributed by atoms with van der Waals surface area (Å²) in [6.07, 6.45) is 11.1. The smallest absolute Gasteiger partial charge is 0.0100 e. The van der Waals surface area contributed by atoms with Crippen molar-refractivity contribution in [2.45, 2.75) is 32.6 Å². The molecule has 0 bridgehead atoms. The van der Waals surface area contributed by atoms with Gasteiger partial charge in [0, 0.05) is 0 Å². The van der Waals surface area contributed by atoms with Gasteiger partial charge in [-0.25, -0.2) is 0 Å². The van der Waals surface area contributed by atoms with E-state index in [9.17, 15) is 0 Å². The van der Waals surface area contributed by atoms with Crippen molar-refractivity contribution >= 4 is 6.08 Å². The Kier molecular flexibility index (Phi) is 9.47. The van der Waals surface area contributed by atoms with Gasteiger partial charge in [0.2, 0.25) is 0 Å². The molecular weight excluding hydrogens is 252 g/mol. The molecule has 21 heavy (non-hydrogen) atoms. The zero-order valence-electron chi connectivity index (χ0n) is 13.0. The molecule has 0 radical (unpaired) electrons. The van der Waals surface area contributed by atoms with E-state index in [1.165, 1.54) is 30.4 Å². The summed E-state index contributed by atoms with van der Waals surface area (Å²) in [5, 5.41) is 0. The van der Waals surface area contributed by atoms with Crippen LogP contribution in [0.1, 0.15) is 37.3 Å². The highest BCUT2D eigenvalue weighted by molar-refractivity contribution is 5.48. The standard InChI is InChI=1S/C12H16.C9H10/c1-2-3-4-6-9-12-10-7-5-8-11-12;1-2-6-9-7-4-3-5-8-9/h5-11H,2-4H2,1H3;2-5,7-8H,1,6H2. The summed E-state index contributed by atoms with van der Waals surface area (Å²) in [6, 6.07) is 20.7. The zero-order valence-corrected chi connectivity index (χ0v) is 13.0. The topological polar surface area (TPSA) is 0 Å². The lowest BCUT2D eigenvalue weighted by molar-refractivity contribution is 0.816. The van der Waals surface area contributed by atoms with Gasteiger partial charge in [-0.3, -0.25) is 0 Å². The van der Waals surface area contributed by atoms with Gasteiger partial charge in [-0.15, -0.1) is 6.58 Å². The van der Waals surface area contributed by atoms with Crippen LogP contribution in [0.2, 0.25) is 0 Å². The van der Waals surface area contributed by atoms with Gasteiger partial charge < -0.3 is 0 Å². The molecule has 0 heteroatoms. The molecular formula is C21H26. The van der Waals surface area contributed by atoms with Crippen molar-refractivity contribution in [1.82, 2.24) is 0 Å². The van der Waals surface area contributed by atoms with Gasteiger partial charge in [0.25, 0.3) is 0 Å². The molecule has 0 heterocycles. The molecule has 2 rings (SSSR count). The summed E-state index contributed by atoms with van der Waals surface area (Å²) in [5.41, 5.74) is 2.63. The first-order chi connectivity index (χ1) is 10.4. The van der Waals surface area contributed by atoms with E-state index < -0.39 is 0 Å². The second-order valence-corrected chi connectivity index (χ2v) is 4.93. The molecule has 0 atom stereocenters. The monoisotopic (exact) mass is 278 g/mol. The number of hydrogen-bond donors (Lipinski definition) is 0. The fourth-order valence-electron chi connectivity index (χ4n) is 1.89. The maximum atomic E-state index is 3.66. The van der Waals surface area contributed by atoms with Crippen LogP contribution in [0.15, 0.2) is 79.4 Å². The third-order valence-corrected chi connectivity index (χ3v) is 3.06. The van der Waals surface area contributed by atoms with Crippen molar-refractivity contribution in [3.8, 4) is 0 Å². The highest BCUT2D eigenvalue weighted by atomic mass is 13.9. The Balaban J connectivity index is 0.000000219.